The number of aromatic nitrogens is 2. The van der Waals surface area contributed by atoms with Crippen molar-refractivity contribution < 1.29 is 18.2 Å². The number of sulfone groups is 1. The fourth-order valence-electron chi connectivity index (χ4n) is 4.99. The molecule has 1 N–H and O–H groups in total. The molecule has 3 aliphatic rings. The zero-order chi connectivity index (χ0) is 22.1. The minimum atomic E-state index is -3.64. The smallest absolute Gasteiger partial charge is 0.376 e. The van der Waals surface area contributed by atoms with Crippen LogP contribution in [-0.4, -0.2) is 66.2 Å². The molecule has 2 unspecified atom stereocenters. The molecule has 12 heteroatoms. The highest BCUT2D eigenvalue weighted by atomic mass is 79.9. The van der Waals surface area contributed by atoms with E-state index >= 15 is 0 Å². The highest BCUT2D eigenvalue weighted by molar-refractivity contribution is 9.10. The van der Waals surface area contributed by atoms with Crippen LogP contribution in [0.3, 0.4) is 0 Å². The molecule has 3 aliphatic heterocycles. The molecule has 2 fully saturated rings. The van der Waals surface area contributed by atoms with Crippen LogP contribution in [0.5, 0.6) is 0 Å². The number of nitrogens with zero attached hydrogens (tertiary/aromatic N) is 4. The van der Waals surface area contributed by atoms with Crippen molar-refractivity contribution in [2.45, 2.75) is 57.0 Å². The third-order valence-electron chi connectivity index (χ3n) is 6.64. The Bertz CT molecular complexity index is 1170. The molecule has 0 spiro atoms. The van der Waals surface area contributed by atoms with E-state index in [0.29, 0.717) is 47.1 Å². The van der Waals surface area contributed by atoms with Crippen molar-refractivity contribution in [2.75, 3.05) is 23.7 Å². The van der Waals surface area contributed by atoms with Crippen LogP contribution in [0.15, 0.2) is 9.63 Å². The van der Waals surface area contributed by atoms with Gasteiger partial charge in [-0.2, -0.15) is 0 Å². The van der Waals surface area contributed by atoms with Crippen molar-refractivity contribution in [2.24, 2.45) is 0 Å². The minimum Gasteiger partial charge on any atom is -0.437 e. The van der Waals surface area contributed by atoms with Crippen molar-refractivity contribution in [3.63, 3.8) is 0 Å². The third kappa shape index (κ3) is 3.39. The lowest BCUT2D eigenvalue weighted by Crippen LogP contribution is -2.57. The first kappa shape index (κ1) is 21.8. The molecule has 1 aromatic heterocycles. The topological polar surface area (TPSA) is 95.9 Å². The van der Waals surface area contributed by atoms with Crippen LogP contribution in [-0.2, 0) is 27.8 Å². The lowest BCUT2D eigenvalue weighted by Gasteiger charge is -2.42. The lowest BCUT2D eigenvalue weighted by atomic mass is 9.83. The molecule has 8 nitrogen and oxygen atoms in total. The predicted molar refractivity (Wildman–Crippen MR) is 123 cm³/mol. The van der Waals surface area contributed by atoms with Crippen LogP contribution >= 0.6 is 27.5 Å². The summed E-state index contributed by atoms with van der Waals surface area (Å²) >= 11 is 10.2. The molecule has 0 aliphatic carbocycles. The number of hydrogen-bond donors (Lipinski definition) is 1. The average molecular weight is 530 g/mol. The first-order chi connectivity index (χ1) is 14.7. The first-order valence-corrected chi connectivity index (χ1v) is 13.3. The van der Waals surface area contributed by atoms with Gasteiger partial charge in [-0.05, 0) is 46.7 Å². The van der Waals surface area contributed by atoms with Crippen molar-refractivity contribution in [1.82, 2.24) is 14.8 Å². The van der Waals surface area contributed by atoms with Crippen molar-refractivity contribution >= 4 is 61.1 Å². The normalized spacial score (nSPS) is 23.6. The molecule has 4 heterocycles. The fourth-order valence-corrected chi connectivity index (χ4v) is 6.50. The Kier molecular flexibility index (Phi) is 5.50. The molecular weight excluding hydrogens is 506 g/mol. The summed E-state index contributed by atoms with van der Waals surface area (Å²) in [4.78, 5) is 13.4. The maximum Gasteiger partial charge on any atom is 0.376 e. The Morgan fingerprint density at radius 1 is 1.23 bits per heavy atom. The molecule has 0 radical (unpaired) electrons. The summed E-state index contributed by atoms with van der Waals surface area (Å²) < 4.78 is 31.9. The minimum absolute atomic E-state index is 0.0898. The second-order valence-corrected chi connectivity index (χ2v) is 11.8. The Hall–Kier alpha value is -0.975. The van der Waals surface area contributed by atoms with Gasteiger partial charge in [0.15, 0.2) is 0 Å². The number of fused-ring (bicyclic) bond motifs is 5. The van der Waals surface area contributed by atoms with Gasteiger partial charge in [0.05, 0.1) is 34.9 Å². The molecule has 5 rings (SSSR count). The van der Waals surface area contributed by atoms with Gasteiger partial charge in [-0.1, -0.05) is 18.5 Å². The third-order valence-corrected chi connectivity index (χ3v) is 9.61. The predicted octanol–water partition coefficient (Wildman–Crippen LogP) is 2.63. The van der Waals surface area contributed by atoms with Gasteiger partial charge in [0.25, 0.3) is 0 Å². The van der Waals surface area contributed by atoms with E-state index < -0.39 is 16.9 Å². The highest BCUT2D eigenvalue weighted by Gasteiger charge is 2.44. The van der Waals surface area contributed by atoms with E-state index in [0.717, 1.165) is 29.4 Å². The van der Waals surface area contributed by atoms with E-state index in [9.17, 15) is 13.4 Å². The molecular formula is C19H23BBrClN4O4S. The summed E-state index contributed by atoms with van der Waals surface area (Å²) in [6.45, 7) is 5.59. The fraction of sp³-hybridized carbons (Fsp3) is 0.579. The van der Waals surface area contributed by atoms with Crippen LogP contribution in [0.1, 0.15) is 30.9 Å². The van der Waals surface area contributed by atoms with Gasteiger partial charge in [0.2, 0.25) is 15.0 Å². The molecule has 31 heavy (non-hydrogen) atoms. The van der Waals surface area contributed by atoms with E-state index in [1.165, 1.54) is 0 Å². The maximum atomic E-state index is 12.8. The zero-order valence-corrected chi connectivity index (χ0v) is 20.5. The zero-order valence-electron chi connectivity index (χ0n) is 17.3. The first-order valence-electron chi connectivity index (χ1n) is 10.4. The monoisotopic (exact) mass is 528 g/mol. The molecule has 0 amide bonds. The van der Waals surface area contributed by atoms with Crippen molar-refractivity contribution in [1.29, 1.82) is 0 Å². The summed E-state index contributed by atoms with van der Waals surface area (Å²) in [6.07, 6.45) is 1.91. The second-order valence-electron chi connectivity index (χ2n) is 8.41. The number of ether oxygens (including phenoxy) is 1. The van der Waals surface area contributed by atoms with Crippen LogP contribution in [0.4, 0.5) is 5.82 Å². The average Bonchev–Trinajstić information content (AvgIpc) is 3.33. The van der Waals surface area contributed by atoms with Gasteiger partial charge in [-0.15, -0.1) is 0 Å². The summed E-state index contributed by atoms with van der Waals surface area (Å²) in [5.41, 5.74) is 2.36. The molecule has 1 aromatic carbocycles. The van der Waals surface area contributed by atoms with Gasteiger partial charge < -0.3 is 19.5 Å². The summed E-state index contributed by atoms with van der Waals surface area (Å²) in [6, 6.07) is 0.257. The molecule has 2 atom stereocenters. The molecule has 166 valence electrons. The lowest BCUT2D eigenvalue weighted by molar-refractivity contribution is 0.134. The van der Waals surface area contributed by atoms with Gasteiger partial charge in [0.1, 0.15) is 5.82 Å². The standard InChI is InChI=1S/C19H23BBrClN4O4S/c1-3-31(28,29)19-23-17-14(12-8-30-9-13(12)15(21)16(17)22)18(24-19)26-10-4-5-11(26)7-25(6-10)20(2)27/h10-11,27H,3-9H2,1-2H3. The van der Waals surface area contributed by atoms with Crippen LogP contribution in [0, 0.1) is 0 Å². The number of rotatable bonds is 4. The highest BCUT2D eigenvalue weighted by Crippen LogP contribution is 2.46. The molecule has 0 saturated carbocycles. The maximum absolute atomic E-state index is 12.8. The Labute approximate surface area is 195 Å². The molecule has 2 saturated heterocycles. The van der Waals surface area contributed by atoms with Crippen LogP contribution < -0.4 is 4.90 Å². The molecule has 2 bridgehead atoms. The van der Waals surface area contributed by atoms with E-state index in [1.807, 2.05) is 0 Å². The Morgan fingerprint density at radius 3 is 2.48 bits per heavy atom. The van der Waals surface area contributed by atoms with E-state index in [1.54, 1.807) is 13.7 Å². The van der Waals surface area contributed by atoms with Crippen molar-refractivity contribution in [3.05, 3.63) is 20.6 Å². The van der Waals surface area contributed by atoms with E-state index in [-0.39, 0.29) is 23.0 Å². The van der Waals surface area contributed by atoms with Crippen LogP contribution in [0.2, 0.25) is 11.8 Å². The number of hydrogen-bond acceptors (Lipinski definition) is 8. The van der Waals surface area contributed by atoms with Gasteiger partial charge in [-0.25, -0.2) is 18.4 Å². The van der Waals surface area contributed by atoms with Crippen LogP contribution in [0.25, 0.3) is 10.9 Å². The largest absolute Gasteiger partial charge is 0.437 e. The van der Waals surface area contributed by atoms with E-state index in [2.05, 4.69) is 35.6 Å². The van der Waals surface area contributed by atoms with Gasteiger partial charge in [-0.3, -0.25) is 0 Å². The van der Waals surface area contributed by atoms with Crippen molar-refractivity contribution in [3.8, 4) is 0 Å². The number of piperazine rings is 1. The summed E-state index contributed by atoms with van der Waals surface area (Å²) in [5, 5.41) is 11.1. The number of anilines is 1. The SMILES string of the molecule is CCS(=O)(=O)c1nc(N2C3CCC2CN(B(C)O)C3)c2c3c(c(Br)c(Cl)c2n1)COC3. The number of benzene rings is 1. The summed E-state index contributed by atoms with van der Waals surface area (Å²) in [5.74, 6) is 0.527. The molecule has 2 aromatic rings. The van der Waals surface area contributed by atoms with Gasteiger partial charge in [0, 0.05) is 29.6 Å². The van der Waals surface area contributed by atoms with Gasteiger partial charge >= 0.3 is 7.05 Å². The summed E-state index contributed by atoms with van der Waals surface area (Å²) in [7, 11) is -4.16. The Balaban J connectivity index is 1.78. The quantitative estimate of drug-likeness (QED) is 0.477. The number of halogens is 2. The van der Waals surface area contributed by atoms with E-state index in [4.69, 9.17) is 16.3 Å². The Morgan fingerprint density at radius 2 is 1.87 bits per heavy atom. The second kappa shape index (κ2) is 7.81.